The van der Waals surface area contributed by atoms with Crippen molar-refractivity contribution in [3.05, 3.63) is 53.2 Å². The number of aryl methyl sites for hydroxylation is 1. The van der Waals surface area contributed by atoms with E-state index in [2.05, 4.69) is 38.8 Å². The lowest BCUT2D eigenvalue weighted by Gasteiger charge is -2.23. The molecule has 0 spiro atoms. The molecule has 0 saturated carbocycles. The van der Waals surface area contributed by atoms with Gasteiger partial charge in [0.2, 0.25) is 0 Å². The summed E-state index contributed by atoms with van der Waals surface area (Å²) in [4.78, 5) is 13.8. The minimum Gasteiger partial charge on any atom is -0.367 e. The van der Waals surface area contributed by atoms with Crippen LogP contribution in [-0.4, -0.2) is 37.7 Å². The van der Waals surface area contributed by atoms with Crippen LogP contribution in [0.15, 0.2) is 30.6 Å². The standard InChI is InChI=1S/C19H23N7/c1-12(8-15-9-13(2)25-26-15)22-19-16-5-7-21-11-17(16)23-18(24-19)14-4-3-6-20-10-14/h3-4,6,9-10,12,21H,5,7-8,11H2,1-2H3,(H,25,26)(H,22,23,24)/t12-/m1/s1. The number of H-pyrrole nitrogens is 1. The van der Waals surface area contributed by atoms with Crippen LogP contribution in [0, 0.1) is 6.92 Å². The van der Waals surface area contributed by atoms with Gasteiger partial charge >= 0.3 is 0 Å². The van der Waals surface area contributed by atoms with Crippen molar-refractivity contribution in [3.8, 4) is 11.4 Å². The largest absolute Gasteiger partial charge is 0.367 e. The van der Waals surface area contributed by atoms with Crippen LogP contribution in [0.25, 0.3) is 11.4 Å². The third-order valence-electron chi connectivity index (χ3n) is 4.51. The first-order valence-corrected chi connectivity index (χ1v) is 8.97. The van der Waals surface area contributed by atoms with E-state index < -0.39 is 0 Å². The Labute approximate surface area is 152 Å². The first-order valence-electron chi connectivity index (χ1n) is 8.97. The summed E-state index contributed by atoms with van der Waals surface area (Å²) in [5.41, 5.74) is 5.34. The SMILES string of the molecule is Cc1cc(C[C@@H](C)Nc2nc(-c3cccnc3)nc3c2CCNC3)n[nH]1. The Bertz CT molecular complexity index is 888. The maximum absolute atomic E-state index is 4.82. The number of aromatic amines is 1. The van der Waals surface area contributed by atoms with E-state index in [0.717, 1.165) is 54.4 Å². The summed E-state index contributed by atoms with van der Waals surface area (Å²) in [6.07, 6.45) is 5.33. The van der Waals surface area contributed by atoms with E-state index in [-0.39, 0.29) is 6.04 Å². The smallest absolute Gasteiger partial charge is 0.163 e. The number of aromatic nitrogens is 5. The van der Waals surface area contributed by atoms with Crippen molar-refractivity contribution in [2.75, 3.05) is 11.9 Å². The molecule has 134 valence electrons. The average molecular weight is 349 g/mol. The second kappa shape index (κ2) is 7.21. The number of rotatable bonds is 5. The van der Waals surface area contributed by atoms with Gasteiger partial charge in [0.1, 0.15) is 5.82 Å². The maximum atomic E-state index is 4.82. The zero-order valence-corrected chi connectivity index (χ0v) is 15.1. The van der Waals surface area contributed by atoms with Crippen LogP contribution in [-0.2, 0) is 19.4 Å². The maximum Gasteiger partial charge on any atom is 0.163 e. The van der Waals surface area contributed by atoms with Crippen molar-refractivity contribution < 1.29 is 0 Å². The number of nitrogens with zero attached hydrogens (tertiary/aromatic N) is 4. The van der Waals surface area contributed by atoms with Gasteiger partial charge in [-0.3, -0.25) is 10.1 Å². The molecule has 0 amide bonds. The van der Waals surface area contributed by atoms with Crippen molar-refractivity contribution in [1.82, 2.24) is 30.5 Å². The number of nitrogens with one attached hydrogen (secondary N) is 3. The van der Waals surface area contributed by atoms with Crippen molar-refractivity contribution in [2.45, 2.75) is 39.3 Å². The fourth-order valence-electron chi connectivity index (χ4n) is 3.28. The minimum absolute atomic E-state index is 0.216. The van der Waals surface area contributed by atoms with E-state index in [1.807, 2.05) is 19.1 Å². The van der Waals surface area contributed by atoms with Crippen molar-refractivity contribution in [3.63, 3.8) is 0 Å². The van der Waals surface area contributed by atoms with Crippen molar-refractivity contribution >= 4 is 5.82 Å². The molecule has 7 heteroatoms. The molecule has 0 radical (unpaired) electrons. The van der Waals surface area contributed by atoms with Crippen LogP contribution in [0.3, 0.4) is 0 Å². The molecule has 7 nitrogen and oxygen atoms in total. The summed E-state index contributed by atoms with van der Waals surface area (Å²) in [6, 6.07) is 6.20. The Kier molecular flexibility index (Phi) is 4.62. The van der Waals surface area contributed by atoms with Crippen LogP contribution in [0.5, 0.6) is 0 Å². The first-order chi connectivity index (χ1) is 12.7. The molecule has 0 aromatic carbocycles. The van der Waals surface area contributed by atoms with Gasteiger partial charge in [-0.05, 0) is 45.0 Å². The van der Waals surface area contributed by atoms with E-state index >= 15 is 0 Å². The Morgan fingerprint density at radius 3 is 3.00 bits per heavy atom. The average Bonchev–Trinajstić information content (AvgIpc) is 3.07. The van der Waals surface area contributed by atoms with Crippen LogP contribution in [0.4, 0.5) is 5.82 Å². The zero-order valence-electron chi connectivity index (χ0n) is 15.1. The minimum atomic E-state index is 0.216. The van der Waals surface area contributed by atoms with E-state index in [9.17, 15) is 0 Å². The number of anilines is 1. The zero-order chi connectivity index (χ0) is 17.9. The molecule has 3 aromatic rings. The Balaban J connectivity index is 1.63. The highest BCUT2D eigenvalue weighted by atomic mass is 15.1. The lowest BCUT2D eigenvalue weighted by Crippen LogP contribution is -2.28. The fraction of sp³-hybridized carbons (Fsp3) is 0.368. The van der Waals surface area contributed by atoms with Crippen molar-refractivity contribution in [2.24, 2.45) is 0 Å². The molecule has 0 fully saturated rings. The fourth-order valence-corrected chi connectivity index (χ4v) is 3.28. The van der Waals surface area contributed by atoms with E-state index in [1.54, 1.807) is 12.4 Å². The molecule has 0 aliphatic carbocycles. The monoisotopic (exact) mass is 349 g/mol. The van der Waals surface area contributed by atoms with Gasteiger partial charge in [0.15, 0.2) is 5.82 Å². The predicted octanol–water partition coefficient (Wildman–Crippen LogP) is 2.26. The summed E-state index contributed by atoms with van der Waals surface area (Å²) in [7, 11) is 0. The van der Waals surface area contributed by atoms with E-state index in [4.69, 9.17) is 9.97 Å². The lowest BCUT2D eigenvalue weighted by atomic mass is 10.1. The van der Waals surface area contributed by atoms with Gasteiger partial charge in [0.25, 0.3) is 0 Å². The second-order valence-corrected chi connectivity index (χ2v) is 6.78. The van der Waals surface area contributed by atoms with Gasteiger partial charge in [-0.15, -0.1) is 0 Å². The highest BCUT2D eigenvalue weighted by Crippen LogP contribution is 2.25. The summed E-state index contributed by atoms with van der Waals surface area (Å²) in [5, 5.41) is 14.3. The summed E-state index contributed by atoms with van der Waals surface area (Å²) in [5.74, 6) is 1.64. The molecule has 4 heterocycles. The van der Waals surface area contributed by atoms with E-state index in [1.165, 1.54) is 5.56 Å². The Morgan fingerprint density at radius 2 is 2.23 bits per heavy atom. The molecule has 1 atom stereocenters. The number of hydrogen-bond donors (Lipinski definition) is 3. The number of hydrogen-bond acceptors (Lipinski definition) is 6. The van der Waals surface area contributed by atoms with Gasteiger partial charge in [-0.2, -0.15) is 5.10 Å². The molecular formula is C19H23N7. The van der Waals surface area contributed by atoms with Gasteiger partial charge < -0.3 is 10.6 Å². The Hall–Kier alpha value is -2.80. The molecule has 0 unspecified atom stereocenters. The summed E-state index contributed by atoms with van der Waals surface area (Å²) in [6.45, 7) is 5.89. The Morgan fingerprint density at radius 1 is 1.31 bits per heavy atom. The van der Waals surface area contributed by atoms with Gasteiger partial charge in [0.05, 0.1) is 11.4 Å². The van der Waals surface area contributed by atoms with Crippen molar-refractivity contribution in [1.29, 1.82) is 0 Å². The van der Waals surface area contributed by atoms with Crippen LogP contribution < -0.4 is 10.6 Å². The highest BCUT2D eigenvalue weighted by molar-refractivity contribution is 5.59. The quantitative estimate of drug-likeness (QED) is 0.654. The number of pyridine rings is 1. The van der Waals surface area contributed by atoms with Crippen LogP contribution in [0.2, 0.25) is 0 Å². The van der Waals surface area contributed by atoms with Crippen LogP contribution >= 0.6 is 0 Å². The predicted molar refractivity (Wildman–Crippen MR) is 101 cm³/mol. The topological polar surface area (TPSA) is 91.4 Å². The molecule has 26 heavy (non-hydrogen) atoms. The summed E-state index contributed by atoms with van der Waals surface area (Å²) < 4.78 is 0. The molecule has 1 aliphatic heterocycles. The molecule has 0 saturated heterocycles. The first kappa shape index (κ1) is 16.7. The molecule has 1 aliphatic rings. The third kappa shape index (κ3) is 3.57. The molecule has 0 bridgehead atoms. The van der Waals surface area contributed by atoms with E-state index in [0.29, 0.717) is 5.82 Å². The van der Waals surface area contributed by atoms with Gasteiger partial charge in [-0.1, -0.05) is 0 Å². The molecular weight excluding hydrogens is 326 g/mol. The number of fused-ring (bicyclic) bond motifs is 1. The van der Waals surface area contributed by atoms with Crippen LogP contribution in [0.1, 0.15) is 29.6 Å². The molecule has 3 N–H and O–H groups in total. The second-order valence-electron chi connectivity index (χ2n) is 6.78. The normalized spacial score (nSPS) is 14.7. The molecule has 4 rings (SSSR count). The molecule has 3 aromatic heterocycles. The lowest BCUT2D eigenvalue weighted by molar-refractivity contribution is 0.623. The summed E-state index contributed by atoms with van der Waals surface area (Å²) >= 11 is 0. The highest BCUT2D eigenvalue weighted by Gasteiger charge is 2.19. The third-order valence-corrected chi connectivity index (χ3v) is 4.51. The van der Waals surface area contributed by atoms with Gasteiger partial charge in [0, 0.05) is 48.2 Å². The van der Waals surface area contributed by atoms with Gasteiger partial charge in [-0.25, -0.2) is 9.97 Å².